The molecule has 0 unspecified atom stereocenters. The Labute approximate surface area is 370 Å². The molecule has 0 atom stereocenters. The number of hydrogen-bond donors (Lipinski definition) is 0. The number of unbranched alkanes of at least 4 members (excludes halogenated alkanes) is 26. The summed E-state index contributed by atoms with van der Waals surface area (Å²) in [5.74, 6) is 0. The highest BCUT2D eigenvalue weighted by Gasteiger charge is 2.16. The van der Waals surface area contributed by atoms with Crippen LogP contribution in [0.25, 0.3) is 50.5 Å². The highest BCUT2D eigenvalue weighted by Crippen LogP contribution is 2.46. The van der Waals surface area contributed by atoms with Crippen LogP contribution in [0.4, 0.5) is 0 Å². The van der Waals surface area contributed by atoms with Gasteiger partial charge in [0.05, 0.1) is 0 Å². The predicted octanol–water partition coefficient (Wildman–Crippen LogP) is 20.8. The molecular formula is C54H76S4. The molecular weight excluding hydrogens is 777 g/mol. The second-order valence-electron chi connectivity index (χ2n) is 17.5. The highest BCUT2D eigenvalue weighted by atomic mass is 32.1. The fourth-order valence-electron chi connectivity index (χ4n) is 9.14. The molecule has 4 heteroatoms. The molecule has 0 saturated heterocycles. The Balaban J connectivity index is 0.947. The third-order valence-electron chi connectivity index (χ3n) is 12.7. The van der Waals surface area contributed by atoms with E-state index in [1.807, 2.05) is 45.3 Å². The average Bonchev–Trinajstić information content (AvgIpc) is 4.07. The van der Waals surface area contributed by atoms with Crippen LogP contribution >= 0.6 is 45.3 Å². The van der Waals surface area contributed by atoms with Crippen molar-refractivity contribution in [2.45, 2.75) is 206 Å². The van der Waals surface area contributed by atoms with E-state index in [0.29, 0.717) is 0 Å². The van der Waals surface area contributed by atoms with Crippen LogP contribution in [-0.4, -0.2) is 0 Å². The van der Waals surface area contributed by atoms with Crippen LogP contribution in [0.15, 0.2) is 59.3 Å². The normalized spacial score (nSPS) is 12.0. The van der Waals surface area contributed by atoms with Gasteiger partial charge in [-0.05, 0) is 82.6 Å². The second-order valence-corrected chi connectivity index (χ2v) is 21.5. The van der Waals surface area contributed by atoms with Crippen LogP contribution in [0, 0.1) is 0 Å². The van der Waals surface area contributed by atoms with Crippen molar-refractivity contribution in [1.82, 2.24) is 0 Å². The summed E-state index contributed by atoms with van der Waals surface area (Å²) in [5, 5.41) is 10.3. The van der Waals surface area contributed by atoms with Crippen molar-refractivity contribution in [1.29, 1.82) is 0 Å². The number of benzene rings is 2. The van der Waals surface area contributed by atoms with E-state index < -0.39 is 0 Å². The Hall–Kier alpha value is -1.98. The van der Waals surface area contributed by atoms with Crippen molar-refractivity contribution in [2.75, 3.05) is 0 Å². The molecule has 58 heavy (non-hydrogen) atoms. The van der Waals surface area contributed by atoms with Crippen LogP contribution < -0.4 is 0 Å². The van der Waals surface area contributed by atoms with Gasteiger partial charge in [-0.1, -0.05) is 205 Å². The summed E-state index contributed by atoms with van der Waals surface area (Å²) in [4.78, 5) is 5.92. The summed E-state index contributed by atoms with van der Waals surface area (Å²) >= 11 is 7.92. The summed E-state index contributed by atoms with van der Waals surface area (Å²) in [7, 11) is 0. The summed E-state index contributed by atoms with van der Waals surface area (Å²) in [6.07, 6.45) is 42.2. The van der Waals surface area contributed by atoms with Crippen molar-refractivity contribution >= 4 is 76.3 Å². The van der Waals surface area contributed by atoms with Gasteiger partial charge in [0.1, 0.15) is 0 Å². The van der Waals surface area contributed by atoms with Crippen molar-refractivity contribution in [2.24, 2.45) is 0 Å². The standard InChI is InChI=1S/C54H76S4/c1-3-5-7-9-11-13-15-17-19-21-23-25-27-29-31-43-37-39-55-53(43)49-41-45-33-35-48-47(51(45)57-49)36-34-46-42-50(58-52(46)48)54-44(38-40-56-54)32-30-28-26-24-22-20-18-16-14-12-10-8-6-4-2/h33-42H,3-32H2,1-2H3. The topological polar surface area (TPSA) is 0 Å². The molecule has 6 aromatic rings. The molecule has 0 radical (unpaired) electrons. The van der Waals surface area contributed by atoms with Crippen molar-refractivity contribution < 1.29 is 0 Å². The first kappa shape index (κ1) is 45.5. The van der Waals surface area contributed by atoms with Gasteiger partial charge in [0.25, 0.3) is 0 Å². The maximum atomic E-state index is 2.47. The van der Waals surface area contributed by atoms with E-state index in [4.69, 9.17) is 0 Å². The molecule has 316 valence electrons. The fourth-order valence-corrected chi connectivity index (χ4v) is 13.7. The van der Waals surface area contributed by atoms with Crippen LogP contribution in [0.2, 0.25) is 0 Å². The van der Waals surface area contributed by atoms with Gasteiger partial charge < -0.3 is 0 Å². The summed E-state index contributed by atoms with van der Waals surface area (Å²) in [6, 6.07) is 19.3. The summed E-state index contributed by atoms with van der Waals surface area (Å²) in [5.41, 5.74) is 3.12. The maximum absolute atomic E-state index is 2.47. The maximum Gasteiger partial charge on any atom is 0.0474 e. The van der Waals surface area contributed by atoms with Crippen LogP contribution in [0.3, 0.4) is 0 Å². The van der Waals surface area contributed by atoms with Crippen LogP contribution in [0.5, 0.6) is 0 Å². The van der Waals surface area contributed by atoms with E-state index in [0.717, 1.165) is 0 Å². The Morgan fingerprint density at radius 3 is 0.983 bits per heavy atom. The third kappa shape index (κ3) is 14.0. The summed E-state index contributed by atoms with van der Waals surface area (Å²) < 4.78 is 2.91. The number of thiophene rings is 4. The molecule has 0 amide bonds. The second kappa shape index (κ2) is 26.4. The third-order valence-corrected chi connectivity index (χ3v) is 17.3. The molecule has 0 fully saturated rings. The predicted molar refractivity (Wildman–Crippen MR) is 269 cm³/mol. The van der Waals surface area contributed by atoms with E-state index in [9.17, 15) is 0 Å². The minimum absolute atomic E-state index is 1.22. The molecule has 0 saturated carbocycles. The Bertz CT molecular complexity index is 1850. The van der Waals surface area contributed by atoms with E-state index in [2.05, 4.69) is 73.1 Å². The van der Waals surface area contributed by atoms with E-state index in [-0.39, 0.29) is 0 Å². The molecule has 2 aromatic carbocycles. The lowest BCUT2D eigenvalue weighted by Crippen LogP contribution is -1.86. The molecule has 4 heterocycles. The fraction of sp³-hybridized carbons (Fsp3) is 0.593. The van der Waals surface area contributed by atoms with Crippen molar-refractivity contribution in [3.63, 3.8) is 0 Å². The number of fused-ring (bicyclic) bond motifs is 5. The van der Waals surface area contributed by atoms with Gasteiger partial charge in [0, 0.05) is 39.7 Å². The Kier molecular flexibility index (Phi) is 20.7. The number of hydrogen-bond acceptors (Lipinski definition) is 4. The van der Waals surface area contributed by atoms with Gasteiger partial charge in [0.15, 0.2) is 0 Å². The average molecular weight is 853 g/mol. The van der Waals surface area contributed by atoms with Gasteiger partial charge in [0.2, 0.25) is 0 Å². The lowest BCUT2D eigenvalue weighted by Gasteiger charge is -2.04. The van der Waals surface area contributed by atoms with E-state index >= 15 is 0 Å². The first-order valence-electron chi connectivity index (χ1n) is 24.3. The molecule has 4 aromatic heterocycles. The Morgan fingerprint density at radius 2 is 0.655 bits per heavy atom. The van der Waals surface area contributed by atoms with Gasteiger partial charge in [-0.2, -0.15) is 0 Å². The molecule has 0 aliphatic heterocycles. The highest BCUT2D eigenvalue weighted by molar-refractivity contribution is 7.27. The first-order chi connectivity index (χ1) is 28.8. The zero-order chi connectivity index (χ0) is 40.0. The number of rotatable bonds is 32. The monoisotopic (exact) mass is 852 g/mol. The lowest BCUT2D eigenvalue weighted by atomic mass is 10.0. The minimum atomic E-state index is 1.22. The zero-order valence-electron chi connectivity index (χ0n) is 36.6. The van der Waals surface area contributed by atoms with Crippen LogP contribution in [-0.2, 0) is 12.8 Å². The van der Waals surface area contributed by atoms with Gasteiger partial charge in [-0.25, -0.2) is 0 Å². The largest absolute Gasteiger partial charge is 0.143 e. The van der Waals surface area contributed by atoms with E-state index in [1.165, 1.54) is 243 Å². The SMILES string of the molecule is CCCCCCCCCCCCCCCCc1ccsc1-c1cc2ccc3c(ccc4cc(-c5sccc5CCCCCCCCCCCCCCCC)sc43)c2s1. The quantitative estimate of drug-likeness (QED) is 0.0371. The van der Waals surface area contributed by atoms with Gasteiger partial charge >= 0.3 is 0 Å². The van der Waals surface area contributed by atoms with Gasteiger partial charge in [-0.15, -0.1) is 45.3 Å². The zero-order valence-corrected chi connectivity index (χ0v) is 39.9. The van der Waals surface area contributed by atoms with Crippen LogP contribution in [0.1, 0.15) is 205 Å². The lowest BCUT2D eigenvalue weighted by molar-refractivity contribution is 0.535. The molecule has 0 bridgehead atoms. The Morgan fingerprint density at radius 1 is 0.345 bits per heavy atom. The van der Waals surface area contributed by atoms with E-state index in [1.54, 1.807) is 11.1 Å². The molecule has 0 aliphatic rings. The molecule has 0 spiro atoms. The molecule has 6 rings (SSSR count). The first-order valence-corrected chi connectivity index (χ1v) is 27.7. The van der Waals surface area contributed by atoms with Gasteiger partial charge in [-0.3, -0.25) is 0 Å². The molecule has 0 nitrogen and oxygen atoms in total. The molecule has 0 N–H and O–H groups in total. The minimum Gasteiger partial charge on any atom is -0.143 e. The van der Waals surface area contributed by atoms with Crippen molar-refractivity contribution in [3.05, 3.63) is 70.4 Å². The summed E-state index contributed by atoms with van der Waals surface area (Å²) in [6.45, 7) is 4.62. The van der Waals surface area contributed by atoms with Crippen molar-refractivity contribution in [3.8, 4) is 19.5 Å². The smallest absolute Gasteiger partial charge is 0.0474 e. The number of aryl methyl sites for hydroxylation is 2. The molecule has 0 aliphatic carbocycles.